The van der Waals surface area contributed by atoms with Gasteiger partial charge in [-0.15, -0.1) is 5.10 Å². The van der Waals surface area contributed by atoms with Gasteiger partial charge >= 0.3 is 0 Å². The largest absolute Gasteiger partial charge is 0.323 e. The quantitative estimate of drug-likeness (QED) is 0.745. The highest BCUT2D eigenvalue weighted by molar-refractivity contribution is 5.92. The maximum Gasteiger partial charge on any atom is 0.230 e. The molecule has 0 saturated carbocycles. The first-order chi connectivity index (χ1) is 13.1. The van der Waals surface area contributed by atoms with Crippen molar-refractivity contribution in [3.8, 4) is 5.69 Å². The molecule has 1 aliphatic rings. The van der Waals surface area contributed by atoms with E-state index in [4.69, 9.17) is 0 Å². The van der Waals surface area contributed by atoms with E-state index in [1.807, 2.05) is 43.3 Å². The van der Waals surface area contributed by atoms with Crippen molar-refractivity contribution in [2.75, 3.05) is 11.9 Å². The van der Waals surface area contributed by atoms with Crippen molar-refractivity contribution in [3.63, 3.8) is 0 Å². The third kappa shape index (κ3) is 3.46. The molecule has 4 rings (SSSR count). The minimum Gasteiger partial charge on any atom is -0.323 e. The molecule has 0 spiro atoms. The molecule has 1 aliphatic heterocycles. The lowest BCUT2D eigenvalue weighted by Gasteiger charge is -2.19. The molecule has 0 radical (unpaired) electrons. The van der Waals surface area contributed by atoms with Crippen LogP contribution in [0.5, 0.6) is 0 Å². The Morgan fingerprint density at radius 2 is 2.07 bits per heavy atom. The molecule has 6 nitrogen and oxygen atoms in total. The topological polar surface area (TPSA) is 71.8 Å². The lowest BCUT2D eigenvalue weighted by Crippen LogP contribution is -2.25. The predicted molar refractivity (Wildman–Crippen MR) is 100 cm³/mol. The predicted octanol–water partition coefficient (Wildman–Crippen LogP) is 2.54. The molecule has 2 aromatic carbocycles. The van der Waals surface area contributed by atoms with E-state index in [1.165, 1.54) is 0 Å². The lowest BCUT2D eigenvalue weighted by atomic mass is 9.99. The summed E-state index contributed by atoms with van der Waals surface area (Å²) in [5, 5.41) is 14.1. The first-order valence-corrected chi connectivity index (χ1v) is 8.91. The highest BCUT2D eigenvalue weighted by Gasteiger charge is 2.19. The second-order valence-corrected chi connectivity index (χ2v) is 6.59. The molecule has 3 aromatic rings. The number of rotatable bonds is 4. The van der Waals surface area contributed by atoms with Crippen molar-refractivity contribution >= 4 is 11.6 Å². The van der Waals surface area contributed by atoms with E-state index < -0.39 is 0 Å². The number of nitrogens with one attached hydrogen (secondary N) is 2. The van der Waals surface area contributed by atoms with E-state index in [0.717, 1.165) is 23.5 Å². The Bertz CT molecular complexity index is 984. The summed E-state index contributed by atoms with van der Waals surface area (Å²) in [4.78, 5) is 12.4. The number of anilines is 1. The van der Waals surface area contributed by atoms with Crippen LogP contribution in [0, 0.1) is 12.7 Å². The highest BCUT2D eigenvalue weighted by atomic mass is 19.1. The van der Waals surface area contributed by atoms with Crippen LogP contribution < -0.4 is 10.6 Å². The van der Waals surface area contributed by atoms with E-state index in [0.29, 0.717) is 24.2 Å². The van der Waals surface area contributed by atoms with Gasteiger partial charge in [0.25, 0.3) is 0 Å². The number of aromatic nitrogens is 3. The lowest BCUT2D eigenvalue weighted by molar-refractivity contribution is -0.115. The third-order valence-corrected chi connectivity index (χ3v) is 4.80. The van der Waals surface area contributed by atoms with Gasteiger partial charge in [-0.1, -0.05) is 29.5 Å². The molecule has 0 bridgehead atoms. The molecule has 0 saturated heterocycles. The minimum absolute atomic E-state index is 0.0384. The number of halogens is 1. The zero-order valence-electron chi connectivity index (χ0n) is 15.0. The van der Waals surface area contributed by atoms with Crippen LogP contribution in [-0.2, 0) is 24.2 Å². The molecular weight excluding hydrogens is 345 g/mol. The maximum absolute atomic E-state index is 14.7. The monoisotopic (exact) mass is 365 g/mol. The summed E-state index contributed by atoms with van der Waals surface area (Å²) < 4.78 is 16.4. The summed E-state index contributed by atoms with van der Waals surface area (Å²) in [5.74, 6) is -0.655. The molecule has 2 heterocycles. The van der Waals surface area contributed by atoms with Crippen molar-refractivity contribution in [2.24, 2.45) is 0 Å². The number of hydrogen-bond acceptors (Lipinski definition) is 4. The molecule has 0 fully saturated rings. The minimum atomic E-state index is -0.341. The second kappa shape index (κ2) is 7.28. The first-order valence-electron chi connectivity index (χ1n) is 8.91. The average Bonchev–Trinajstić information content (AvgIpc) is 3.05. The first kappa shape index (κ1) is 17.4. The summed E-state index contributed by atoms with van der Waals surface area (Å²) in [5.41, 5.74) is 4.07. The second-order valence-electron chi connectivity index (χ2n) is 6.59. The summed E-state index contributed by atoms with van der Waals surface area (Å²) in [6, 6.07) is 13.1. The van der Waals surface area contributed by atoms with Gasteiger partial charge in [0, 0.05) is 6.54 Å². The molecular formula is C20H20FN5O. The van der Waals surface area contributed by atoms with E-state index in [-0.39, 0.29) is 23.8 Å². The van der Waals surface area contributed by atoms with Gasteiger partial charge in [0.1, 0.15) is 5.82 Å². The molecule has 1 amide bonds. The number of para-hydroxylation sites is 1. The van der Waals surface area contributed by atoms with Crippen molar-refractivity contribution in [2.45, 2.75) is 26.3 Å². The number of carbonyl (C=O) groups excluding carboxylic acids is 1. The van der Waals surface area contributed by atoms with Gasteiger partial charge in [0.15, 0.2) is 0 Å². The van der Waals surface area contributed by atoms with Crippen LogP contribution in [0.3, 0.4) is 0 Å². The third-order valence-electron chi connectivity index (χ3n) is 4.80. The number of fused-ring (bicyclic) bond motifs is 1. The maximum atomic E-state index is 14.7. The number of nitrogens with zero attached hydrogens (tertiary/aromatic N) is 3. The van der Waals surface area contributed by atoms with Gasteiger partial charge in [0.05, 0.1) is 29.2 Å². The van der Waals surface area contributed by atoms with Crippen molar-refractivity contribution in [1.82, 2.24) is 20.3 Å². The van der Waals surface area contributed by atoms with Crippen LogP contribution in [0.15, 0.2) is 42.5 Å². The van der Waals surface area contributed by atoms with Crippen molar-refractivity contribution < 1.29 is 9.18 Å². The summed E-state index contributed by atoms with van der Waals surface area (Å²) >= 11 is 0. The Labute approximate surface area is 156 Å². The molecule has 138 valence electrons. The molecule has 2 N–H and O–H groups in total. The van der Waals surface area contributed by atoms with E-state index in [2.05, 4.69) is 20.9 Å². The van der Waals surface area contributed by atoms with Gasteiger partial charge < -0.3 is 10.6 Å². The zero-order chi connectivity index (χ0) is 18.8. The summed E-state index contributed by atoms with van der Waals surface area (Å²) in [6.45, 7) is 3.26. The molecule has 7 heteroatoms. The van der Waals surface area contributed by atoms with E-state index >= 15 is 0 Å². The number of benzene rings is 2. The molecule has 0 unspecified atom stereocenters. The highest BCUT2D eigenvalue weighted by Crippen LogP contribution is 2.24. The fourth-order valence-electron chi connectivity index (χ4n) is 3.31. The Morgan fingerprint density at radius 1 is 1.26 bits per heavy atom. The number of hydrogen-bond donors (Lipinski definition) is 2. The van der Waals surface area contributed by atoms with Crippen LogP contribution in [0.1, 0.15) is 22.5 Å². The summed E-state index contributed by atoms with van der Waals surface area (Å²) in [6.07, 6.45) is 0.659. The van der Waals surface area contributed by atoms with Crippen LogP contribution in [-0.4, -0.2) is 27.4 Å². The van der Waals surface area contributed by atoms with Gasteiger partial charge in [-0.25, -0.2) is 9.07 Å². The van der Waals surface area contributed by atoms with Crippen LogP contribution in [0.25, 0.3) is 5.69 Å². The molecule has 0 aliphatic carbocycles. The zero-order valence-corrected chi connectivity index (χ0v) is 15.0. The van der Waals surface area contributed by atoms with Crippen LogP contribution in [0.4, 0.5) is 10.1 Å². The Morgan fingerprint density at radius 3 is 2.89 bits per heavy atom. The fourth-order valence-corrected chi connectivity index (χ4v) is 3.31. The molecule has 1 aromatic heterocycles. The van der Waals surface area contributed by atoms with Gasteiger partial charge in [-0.3, -0.25) is 4.79 Å². The van der Waals surface area contributed by atoms with Crippen molar-refractivity contribution in [1.29, 1.82) is 0 Å². The Balaban J connectivity index is 1.50. The van der Waals surface area contributed by atoms with Gasteiger partial charge in [-0.05, 0) is 49.2 Å². The average molecular weight is 365 g/mol. The summed E-state index contributed by atoms with van der Waals surface area (Å²) in [7, 11) is 0. The molecule has 0 atom stereocenters. The SMILES string of the molecule is Cc1c(CC(=O)Nc2ccc3c(c2F)CCNC3)nnn1-c1ccccc1. The fraction of sp³-hybridized carbons (Fsp3) is 0.250. The van der Waals surface area contributed by atoms with Crippen LogP contribution in [0.2, 0.25) is 0 Å². The molecule has 27 heavy (non-hydrogen) atoms. The standard InChI is InChI=1S/C20H20FN5O/c1-13-18(24-25-26(13)15-5-3-2-4-6-15)11-19(27)23-17-8-7-14-12-22-10-9-16(14)20(17)21/h2-8,22H,9-12H2,1H3,(H,23,27). The van der Waals surface area contributed by atoms with Gasteiger partial charge in [-0.2, -0.15) is 0 Å². The Kier molecular flexibility index (Phi) is 4.68. The van der Waals surface area contributed by atoms with Gasteiger partial charge in [0.2, 0.25) is 5.91 Å². The van der Waals surface area contributed by atoms with E-state index in [9.17, 15) is 9.18 Å². The normalized spacial score (nSPS) is 13.3. The van der Waals surface area contributed by atoms with Crippen molar-refractivity contribution in [3.05, 3.63) is 70.8 Å². The van der Waals surface area contributed by atoms with E-state index in [1.54, 1.807) is 10.7 Å². The van der Waals surface area contributed by atoms with Crippen LogP contribution >= 0.6 is 0 Å². The smallest absolute Gasteiger partial charge is 0.230 e. The number of carbonyl (C=O) groups is 1. The number of amides is 1. The Hall–Kier alpha value is -3.06.